The number of fused-ring (bicyclic) bond motifs is 1. The molecule has 1 atom stereocenters. The van der Waals surface area contributed by atoms with E-state index in [9.17, 15) is 10.1 Å². The molecule has 4 nitrogen and oxygen atoms in total. The number of halogens is 1. The first-order valence-corrected chi connectivity index (χ1v) is 9.09. The summed E-state index contributed by atoms with van der Waals surface area (Å²) in [5.74, 6) is -0.270. The van der Waals surface area contributed by atoms with Crippen molar-refractivity contribution in [2.24, 2.45) is 0 Å². The van der Waals surface area contributed by atoms with Gasteiger partial charge in [-0.3, -0.25) is 9.69 Å². The Morgan fingerprint density at radius 3 is 2.88 bits per heavy atom. The van der Waals surface area contributed by atoms with Crippen LogP contribution in [-0.2, 0) is 24.3 Å². The van der Waals surface area contributed by atoms with Crippen molar-refractivity contribution in [3.8, 4) is 6.07 Å². The summed E-state index contributed by atoms with van der Waals surface area (Å²) < 4.78 is 0. The van der Waals surface area contributed by atoms with E-state index >= 15 is 0 Å². The van der Waals surface area contributed by atoms with Gasteiger partial charge in [-0.05, 0) is 24.5 Å². The van der Waals surface area contributed by atoms with Gasteiger partial charge in [-0.25, -0.2) is 0 Å². The Labute approximate surface area is 150 Å². The molecule has 0 bridgehead atoms. The highest BCUT2D eigenvalue weighted by atomic mass is 35.5. The van der Waals surface area contributed by atoms with E-state index in [0.717, 1.165) is 36.5 Å². The fraction of sp³-hybridized carbons (Fsp3) is 0.333. The molecular weight excluding hydrogens is 342 g/mol. The number of hydrogen-bond donors (Lipinski definition) is 1. The molecule has 2 aromatic rings. The highest BCUT2D eigenvalue weighted by molar-refractivity contribution is 7.16. The number of thiophene rings is 1. The molecular formula is C18H18ClN3OS. The fourth-order valence-electron chi connectivity index (χ4n) is 2.85. The normalized spacial score (nSPS) is 15.4. The maximum Gasteiger partial charge on any atom is 0.242 e. The average Bonchev–Trinajstić information content (AvgIpc) is 2.91. The number of nitriles is 1. The standard InChI is InChI=1S/C18H18ClN3OS/c1-12(19)17(23)21-18-15(9-20)14-7-8-22(11-16(14)24-18)10-13-5-3-2-4-6-13/h2-6,12H,7-8,10-11H2,1H3,(H,21,23). The molecule has 0 spiro atoms. The zero-order valence-electron chi connectivity index (χ0n) is 13.4. The molecule has 2 heterocycles. The van der Waals surface area contributed by atoms with Gasteiger partial charge in [-0.2, -0.15) is 5.26 Å². The second-order valence-corrected chi connectivity index (χ2v) is 7.63. The zero-order valence-corrected chi connectivity index (χ0v) is 15.0. The lowest BCUT2D eigenvalue weighted by atomic mass is 10.0. The minimum absolute atomic E-state index is 0.270. The van der Waals surface area contributed by atoms with Gasteiger partial charge in [0.2, 0.25) is 5.91 Å². The Hall–Kier alpha value is -1.87. The van der Waals surface area contributed by atoms with Gasteiger partial charge >= 0.3 is 0 Å². The molecule has 6 heteroatoms. The lowest BCUT2D eigenvalue weighted by Gasteiger charge is -2.26. The van der Waals surface area contributed by atoms with Crippen LogP contribution in [0.25, 0.3) is 0 Å². The van der Waals surface area contributed by atoms with Gasteiger partial charge in [0.15, 0.2) is 0 Å². The van der Waals surface area contributed by atoms with Crippen LogP contribution < -0.4 is 5.32 Å². The summed E-state index contributed by atoms with van der Waals surface area (Å²) in [7, 11) is 0. The first-order chi connectivity index (χ1) is 11.6. The largest absolute Gasteiger partial charge is 0.315 e. The molecule has 1 aliphatic heterocycles. The van der Waals surface area contributed by atoms with Crippen LogP contribution in [0.4, 0.5) is 5.00 Å². The number of carbonyl (C=O) groups excluding carboxylic acids is 1. The molecule has 1 aromatic carbocycles. The highest BCUT2D eigenvalue weighted by Crippen LogP contribution is 2.37. The zero-order chi connectivity index (χ0) is 17.1. The Morgan fingerprint density at radius 1 is 1.46 bits per heavy atom. The smallest absolute Gasteiger partial charge is 0.242 e. The molecule has 0 saturated carbocycles. The predicted octanol–water partition coefficient (Wildman–Crippen LogP) is 3.74. The van der Waals surface area contributed by atoms with Crippen molar-refractivity contribution in [3.05, 3.63) is 51.9 Å². The van der Waals surface area contributed by atoms with E-state index in [1.807, 2.05) is 18.2 Å². The van der Waals surface area contributed by atoms with Crippen molar-refractivity contribution in [3.63, 3.8) is 0 Å². The summed E-state index contributed by atoms with van der Waals surface area (Å²) in [6.45, 7) is 4.22. The van der Waals surface area contributed by atoms with Gasteiger partial charge in [-0.1, -0.05) is 30.3 Å². The number of nitrogens with zero attached hydrogens (tertiary/aromatic N) is 2. The van der Waals surface area contributed by atoms with Gasteiger partial charge in [0.25, 0.3) is 0 Å². The molecule has 3 rings (SSSR count). The van der Waals surface area contributed by atoms with Gasteiger partial charge < -0.3 is 5.32 Å². The fourth-order valence-corrected chi connectivity index (χ4v) is 4.15. The van der Waals surface area contributed by atoms with Crippen LogP contribution in [0.2, 0.25) is 0 Å². The van der Waals surface area contributed by atoms with Crippen molar-refractivity contribution >= 4 is 33.8 Å². The maximum absolute atomic E-state index is 11.8. The number of rotatable bonds is 4. The number of anilines is 1. The molecule has 24 heavy (non-hydrogen) atoms. The third kappa shape index (κ3) is 3.62. The predicted molar refractivity (Wildman–Crippen MR) is 97.2 cm³/mol. The van der Waals surface area contributed by atoms with Gasteiger partial charge in [0, 0.05) is 24.5 Å². The minimum Gasteiger partial charge on any atom is -0.315 e. The van der Waals surface area contributed by atoms with Gasteiger partial charge in [0.05, 0.1) is 5.56 Å². The molecule has 1 amide bonds. The summed E-state index contributed by atoms with van der Waals surface area (Å²) in [6, 6.07) is 12.6. The summed E-state index contributed by atoms with van der Waals surface area (Å²) >= 11 is 7.31. The SMILES string of the molecule is CC(Cl)C(=O)Nc1sc2c(c1C#N)CCN(Cc1ccccc1)C2. The first kappa shape index (κ1) is 17.0. The van der Waals surface area contributed by atoms with Crippen molar-refractivity contribution in [2.45, 2.75) is 31.8 Å². The average molecular weight is 360 g/mol. The molecule has 124 valence electrons. The number of hydrogen-bond acceptors (Lipinski definition) is 4. The minimum atomic E-state index is -0.620. The highest BCUT2D eigenvalue weighted by Gasteiger charge is 2.25. The second-order valence-electron chi connectivity index (χ2n) is 5.87. The van der Waals surface area contributed by atoms with E-state index in [1.165, 1.54) is 16.9 Å². The van der Waals surface area contributed by atoms with Crippen LogP contribution >= 0.6 is 22.9 Å². The lowest BCUT2D eigenvalue weighted by Crippen LogP contribution is -2.29. The number of benzene rings is 1. The molecule has 1 unspecified atom stereocenters. The van der Waals surface area contributed by atoms with Crippen molar-refractivity contribution in [1.29, 1.82) is 5.26 Å². The molecule has 0 fully saturated rings. The monoisotopic (exact) mass is 359 g/mol. The molecule has 0 radical (unpaired) electrons. The van der Waals surface area contributed by atoms with Crippen molar-refractivity contribution in [2.75, 3.05) is 11.9 Å². The topological polar surface area (TPSA) is 56.1 Å². The maximum atomic E-state index is 11.8. The Balaban J connectivity index is 1.78. The Morgan fingerprint density at radius 2 is 2.21 bits per heavy atom. The van der Waals surface area contributed by atoms with E-state index in [-0.39, 0.29) is 5.91 Å². The van der Waals surface area contributed by atoms with Gasteiger partial charge in [0.1, 0.15) is 16.4 Å². The molecule has 0 saturated heterocycles. The van der Waals surface area contributed by atoms with Crippen molar-refractivity contribution in [1.82, 2.24) is 4.90 Å². The second kappa shape index (κ2) is 7.35. The number of alkyl halides is 1. The van der Waals surface area contributed by atoms with Crippen molar-refractivity contribution < 1.29 is 4.79 Å². The quantitative estimate of drug-likeness (QED) is 0.846. The summed E-state index contributed by atoms with van der Waals surface area (Å²) in [6.07, 6.45) is 0.827. The first-order valence-electron chi connectivity index (χ1n) is 7.84. The summed E-state index contributed by atoms with van der Waals surface area (Å²) in [4.78, 5) is 15.4. The molecule has 1 aromatic heterocycles. The van der Waals surface area contributed by atoms with Crippen LogP contribution in [0.5, 0.6) is 0 Å². The van der Waals surface area contributed by atoms with E-state index in [2.05, 4.69) is 28.4 Å². The van der Waals surface area contributed by atoms with E-state index in [1.54, 1.807) is 6.92 Å². The van der Waals surface area contributed by atoms with Crippen LogP contribution in [0, 0.1) is 11.3 Å². The molecule has 1 N–H and O–H groups in total. The Kier molecular flexibility index (Phi) is 5.20. The molecule has 1 aliphatic rings. The van der Waals surface area contributed by atoms with Crippen LogP contribution in [0.3, 0.4) is 0 Å². The number of nitrogens with one attached hydrogen (secondary N) is 1. The summed E-state index contributed by atoms with van der Waals surface area (Å²) in [5, 5.41) is 12.3. The number of amides is 1. The third-order valence-electron chi connectivity index (χ3n) is 4.09. The number of carbonyl (C=O) groups is 1. The molecule has 0 aliphatic carbocycles. The Bertz CT molecular complexity index is 780. The van der Waals surface area contributed by atoms with Crippen LogP contribution in [0.15, 0.2) is 30.3 Å². The van der Waals surface area contributed by atoms with E-state index < -0.39 is 5.38 Å². The van der Waals surface area contributed by atoms with Crippen LogP contribution in [-0.4, -0.2) is 22.7 Å². The van der Waals surface area contributed by atoms with Crippen LogP contribution in [0.1, 0.15) is 28.5 Å². The summed E-state index contributed by atoms with van der Waals surface area (Å²) in [5.41, 5.74) is 2.95. The third-order valence-corrected chi connectivity index (χ3v) is 5.43. The lowest BCUT2D eigenvalue weighted by molar-refractivity contribution is -0.115. The van der Waals surface area contributed by atoms with E-state index in [0.29, 0.717) is 10.6 Å². The van der Waals surface area contributed by atoms with E-state index in [4.69, 9.17) is 11.6 Å². The van der Waals surface area contributed by atoms with Gasteiger partial charge in [-0.15, -0.1) is 22.9 Å².